The first kappa shape index (κ1) is 18.4. The summed E-state index contributed by atoms with van der Waals surface area (Å²) in [7, 11) is -3.59. The zero-order valence-corrected chi connectivity index (χ0v) is 14.0. The highest BCUT2D eigenvalue weighted by Crippen LogP contribution is 2.19. The van der Waals surface area contributed by atoms with Gasteiger partial charge >= 0.3 is 5.97 Å². The van der Waals surface area contributed by atoms with Gasteiger partial charge in [-0.2, -0.15) is 0 Å². The molecule has 1 aliphatic heterocycles. The van der Waals surface area contributed by atoms with Crippen LogP contribution in [0, 0.1) is 0 Å². The van der Waals surface area contributed by atoms with Crippen LogP contribution in [0.3, 0.4) is 0 Å². The minimum atomic E-state index is -3.59. The first-order chi connectivity index (χ1) is 11.3. The number of ether oxygens (including phenoxy) is 1. The van der Waals surface area contributed by atoms with E-state index >= 15 is 0 Å². The Hall–Kier alpha value is -1.93. The molecule has 1 aromatic carbocycles. The summed E-state index contributed by atoms with van der Waals surface area (Å²) in [4.78, 5) is 23.3. The van der Waals surface area contributed by atoms with E-state index in [-0.39, 0.29) is 25.4 Å². The zero-order chi connectivity index (χ0) is 17.6. The van der Waals surface area contributed by atoms with Crippen LogP contribution in [0.1, 0.15) is 18.4 Å². The third kappa shape index (κ3) is 5.04. The van der Waals surface area contributed by atoms with Crippen LogP contribution >= 0.6 is 0 Å². The maximum absolute atomic E-state index is 12.0. The Balaban J connectivity index is 1.84. The molecule has 1 saturated heterocycles. The maximum Gasteiger partial charge on any atom is 0.331 e. The average molecular weight is 355 g/mol. The van der Waals surface area contributed by atoms with Gasteiger partial charge in [0.15, 0.2) is 15.4 Å². The Labute approximate surface area is 140 Å². The molecule has 1 aliphatic rings. The van der Waals surface area contributed by atoms with Gasteiger partial charge in [0.05, 0.1) is 12.4 Å². The number of carbonyl (C=O) groups is 2. The number of rotatable bonds is 8. The minimum absolute atomic E-state index is 0.119. The van der Waals surface area contributed by atoms with Crippen LogP contribution in [0.5, 0.6) is 0 Å². The predicted octanol–water partition coefficient (Wildman–Crippen LogP) is 0.394. The molecule has 1 unspecified atom stereocenters. The van der Waals surface area contributed by atoms with Gasteiger partial charge < -0.3 is 15.2 Å². The molecule has 1 aromatic rings. The lowest BCUT2D eigenvalue weighted by Gasteiger charge is -2.23. The van der Waals surface area contributed by atoms with E-state index in [1.54, 1.807) is 0 Å². The van der Waals surface area contributed by atoms with Crippen molar-refractivity contribution in [2.45, 2.75) is 24.8 Å². The molecule has 1 atom stereocenters. The number of hydrogen-bond acceptors (Lipinski definition) is 5. The molecule has 2 rings (SSSR count). The SMILES string of the molecule is O=C(CS(=O)(=O)CCCc1ccccc1)NC1(C(=O)O)CCOC1. The van der Waals surface area contributed by atoms with Crippen LogP contribution in [0.15, 0.2) is 30.3 Å². The number of hydrogen-bond donors (Lipinski definition) is 2. The highest BCUT2D eigenvalue weighted by atomic mass is 32.2. The highest BCUT2D eigenvalue weighted by Gasteiger charge is 2.44. The normalized spacial score (nSPS) is 20.7. The van der Waals surface area contributed by atoms with Crippen LogP contribution in [-0.4, -0.2) is 55.7 Å². The van der Waals surface area contributed by atoms with Crippen molar-refractivity contribution in [3.63, 3.8) is 0 Å². The molecule has 24 heavy (non-hydrogen) atoms. The van der Waals surface area contributed by atoms with Gasteiger partial charge in [-0.25, -0.2) is 13.2 Å². The van der Waals surface area contributed by atoms with Crippen LogP contribution in [0.2, 0.25) is 0 Å². The molecule has 0 spiro atoms. The fraction of sp³-hybridized carbons (Fsp3) is 0.500. The van der Waals surface area contributed by atoms with Gasteiger partial charge in [0.1, 0.15) is 5.75 Å². The van der Waals surface area contributed by atoms with E-state index in [1.807, 2.05) is 30.3 Å². The summed E-state index contributed by atoms with van der Waals surface area (Å²) in [5.41, 5.74) is -0.485. The Morgan fingerprint density at radius 2 is 1.96 bits per heavy atom. The van der Waals surface area contributed by atoms with Crippen molar-refractivity contribution in [3.05, 3.63) is 35.9 Å². The molecule has 2 N–H and O–H groups in total. The lowest BCUT2D eigenvalue weighted by molar-refractivity contribution is -0.147. The first-order valence-electron chi connectivity index (χ1n) is 7.69. The monoisotopic (exact) mass is 355 g/mol. The van der Waals surface area contributed by atoms with E-state index in [1.165, 1.54) is 0 Å². The number of carboxylic acid groups (broad SMARTS) is 1. The molecule has 8 heteroatoms. The summed E-state index contributed by atoms with van der Waals surface area (Å²) in [6, 6.07) is 9.47. The molecule has 0 saturated carbocycles. The molecule has 1 amide bonds. The van der Waals surface area contributed by atoms with Gasteiger partial charge in [0.25, 0.3) is 0 Å². The second kappa shape index (κ2) is 7.76. The molecule has 1 heterocycles. The number of nitrogens with one attached hydrogen (secondary N) is 1. The fourth-order valence-corrected chi connectivity index (χ4v) is 3.80. The van der Waals surface area contributed by atoms with Gasteiger partial charge in [0, 0.05) is 13.0 Å². The summed E-state index contributed by atoms with van der Waals surface area (Å²) < 4.78 is 29.1. The number of sulfone groups is 1. The van der Waals surface area contributed by atoms with Gasteiger partial charge in [0.2, 0.25) is 5.91 Å². The smallest absolute Gasteiger partial charge is 0.331 e. The molecule has 132 valence electrons. The van der Waals surface area contributed by atoms with E-state index in [0.717, 1.165) is 5.56 Å². The van der Waals surface area contributed by atoms with E-state index < -0.39 is 33.0 Å². The number of carbonyl (C=O) groups excluding carboxylic acids is 1. The van der Waals surface area contributed by atoms with Crippen LogP contribution < -0.4 is 5.32 Å². The average Bonchev–Trinajstić information content (AvgIpc) is 2.97. The van der Waals surface area contributed by atoms with E-state index in [2.05, 4.69) is 5.32 Å². The molecule has 0 radical (unpaired) electrons. The Morgan fingerprint density at radius 3 is 2.54 bits per heavy atom. The maximum atomic E-state index is 12.0. The zero-order valence-electron chi connectivity index (χ0n) is 13.2. The summed E-state index contributed by atoms with van der Waals surface area (Å²) in [6.45, 7) is 0.0680. The standard InChI is InChI=1S/C16H21NO6S/c18-14(17-16(15(19)20)8-9-23-12-16)11-24(21,22)10-4-7-13-5-2-1-3-6-13/h1-3,5-6H,4,7-12H2,(H,17,18)(H,19,20). The number of amides is 1. The van der Waals surface area contributed by atoms with Gasteiger partial charge in [-0.15, -0.1) is 0 Å². The second-order valence-electron chi connectivity index (χ2n) is 5.92. The van der Waals surface area contributed by atoms with E-state index in [4.69, 9.17) is 4.74 Å². The largest absolute Gasteiger partial charge is 0.479 e. The van der Waals surface area contributed by atoms with Crippen molar-refractivity contribution in [2.75, 3.05) is 24.7 Å². The topological polar surface area (TPSA) is 110 Å². The molecule has 0 aliphatic carbocycles. The number of aryl methyl sites for hydroxylation is 1. The predicted molar refractivity (Wildman–Crippen MR) is 87.4 cm³/mol. The Bertz CT molecular complexity index is 680. The van der Waals surface area contributed by atoms with Gasteiger partial charge in [-0.1, -0.05) is 30.3 Å². The fourth-order valence-electron chi connectivity index (χ4n) is 2.60. The van der Waals surface area contributed by atoms with Gasteiger partial charge in [-0.05, 0) is 18.4 Å². The summed E-state index contributed by atoms with van der Waals surface area (Å²) in [5.74, 6) is -2.85. The molecule has 7 nitrogen and oxygen atoms in total. The van der Waals surface area contributed by atoms with Crippen molar-refractivity contribution < 1.29 is 27.9 Å². The molecule has 0 bridgehead atoms. The van der Waals surface area contributed by atoms with Crippen molar-refractivity contribution in [1.82, 2.24) is 5.32 Å². The van der Waals surface area contributed by atoms with E-state index in [9.17, 15) is 23.1 Å². The van der Waals surface area contributed by atoms with Crippen LogP contribution in [-0.2, 0) is 30.6 Å². The second-order valence-corrected chi connectivity index (χ2v) is 8.10. The van der Waals surface area contributed by atoms with Gasteiger partial charge in [-0.3, -0.25) is 4.79 Å². The Kier molecular flexibility index (Phi) is 5.95. The van der Waals surface area contributed by atoms with Crippen LogP contribution in [0.4, 0.5) is 0 Å². The van der Waals surface area contributed by atoms with Crippen molar-refractivity contribution >= 4 is 21.7 Å². The third-order valence-electron chi connectivity index (χ3n) is 3.92. The van der Waals surface area contributed by atoms with Crippen LogP contribution in [0.25, 0.3) is 0 Å². The lowest BCUT2D eigenvalue weighted by atomic mass is 9.99. The molecule has 1 fully saturated rings. The summed E-state index contributed by atoms with van der Waals surface area (Å²) >= 11 is 0. The first-order valence-corrected chi connectivity index (χ1v) is 9.52. The van der Waals surface area contributed by atoms with E-state index in [0.29, 0.717) is 12.8 Å². The molecule has 0 aromatic heterocycles. The minimum Gasteiger partial charge on any atom is -0.479 e. The Morgan fingerprint density at radius 1 is 1.25 bits per heavy atom. The highest BCUT2D eigenvalue weighted by molar-refractivity contribution is 7.92. The number of aliphatic carboxylic acids is 1. The molecular weight excluding hydrogens is 334 g/mol. The molecular formula is C16H21NO6S. The number of benzene rings is 1. The summed E-state index contributed by atoms with van der Waals surface area (Å²) in [6.07, 6.45) is 1.14. The summed E-state index contributed by atoms with van der Waals surface area (Å²) in [5, 5.41) is 11.5. The quantitative estimate of drug-likeness (QED) is 0.698. The number of carboxylic acids is 1. The van der Waals surface area contributed by atoms with Crippen molar-refractivity contribution in [1.29, 1.82) is 0 Å². The lowest BCUT2D eigenvalue weighted by Crippen LogP contribution is -2.56. The van der Waals surface area contributed by atoms with Crippen molar-refractivity contribution in [3.8, 4) is 0 Å². The van der Waals surface area contributed by atoms with Crippen molar-refractivity contribution in [2.24, 2.45) is 0 Å². The third-order valence-corrected chi connectivity index (χ3v) is 5.54.